The molecule has 1 saturated heterocycles. The van der Waals surface area contributed by atoms with Crippen LogP contribution >= 0.6 is 0 Å². The van der Waals surface area contributed by atoms with Crippen molar-refractivity contribution >= 4 is 22.7 Å². The molecule has 6 heteroatoms. The molecule has 1 aromatic heterocycles. The molecule has 0 saturated carbocycles. The van der Waals surface area contributed by atoms with E-state index in [1.54, 1.807) is 18.9 Å². The number of fused-ring (bicyclic) bond motifs is 1. The number of methoxy groups -OCH3 is 1. The van der Waals surface area contributed by atoms with Crippen LogP contribution in [0, 0.1) is 6.92 Å². The van der Waals surface area contributed by atoms with E-state index in [1.165, 1.54) is 0 Å². The molecule has 0 atom stereocenters. The van der Waals surface area contributed by atoms with Gasteiger partial charge in [0, 0.05) is 44.1 Å². The maximum atomic E-state index is 13.5. The monoisotopic (exact) mass is 403 g/mol. The van der Waals surface area contributed by atoms with Gasteiger partial charge in [-0.2, -0.15) is 0 Å². The average molecular weight is 403 g/mol. The highest BCUT2D eigenvalue weighted by Crippen LogP contribution is 2.28. The minimum absolute atomic E-state index is 0.0275. The lowest BCUT2D eigenvalue weighted by molar-refractivity contribution is -0.130. The fourth-order valence-electron chi connectivity index (χ4n) is 3.84. The normalized spacial score (nSPS) is 14.1. The molecule has 0 unspecified atom stereocenters. The number of benzene rings is 2. The van der Waals surface area contributed by atoms with Crippen LogP contribution in [-0.2, 0) is 4.79 Å². The zero-order chi connectivity index (χ0) is 21.3. The van der Waals surface area contributed by atoms with Crippen molar-refractivity contribution in [2.75, 3.05) is 33.3 Å². The molecule has 0 spiro atoms. The predicted molar refractivity (Wildman–Crippen MR) is 117 cm³/mol. The molecule has 2 amide bonds. The second-order valence-corrected chi connectivity index (χ2v) is 7.61. The van der Waals surface area contributed by atoms with Crippen LogP contribution in [0.25, 0.3) is 22.2 Å². The van der Waals surface area contributed by atoms with Gasteiger partial charge >= 0.3 is 0 Å². The molecular formula is C24H25N3O3. The first kappa shape index (κ1) is 19.9. The van der Waals surface area contributed by atoms with Gasteiger partial charge in [0.05, 0.1) is 23.9 Å². The third kappa shape index (κ3) is 3.85. The van der Waals surface area contributed by atoms with Crippen LogP contribution in [0.1, 0.15) is 22.8 Å². The van der Waals surface area contributed by atoms with Crippen LogP contribution in [0.2, 0.25) is 0 Å². The standard InChI is InChI=1S/C24H25N3O3/c1-16-7-8-22-20(13-16)21(24(29)27-11-9-26(10-12-27)17(2)28)15-23(25-22)18-5-4-6-19(14-18)30-3/h4-8,13-15H,9-12H2,1-3H3. The van der Waals surface area contributed by atoms with E-state index in [9.17, 15) is 9.59 Å². The Morgan fingerprint density at radius 1 is 0.967 bits per heavy atom. The summed E-state index contributed by atoms with van der Waals surface area (Å²) in [5.74, 6) is 0.763. The molecule has 6 nitrogen and oxygen atoms in total. The molecule has 1 aliphatic heterocycles. The molecule has 0 bridgehead atoms. The van der Waals surface area contributed by atoms with E-state index < -0.39 is 0 Å². The van der Waals surface area contributed by atoms with Crippen molar-refractivity contribution in [1.29, 1.82) is 0 Å². The molecule has 0 N–H and O–H groups in total. The molecule has 4 rings (SSSR count). The van der Waals surface area contributed by atoms with E-state index in [1.807, 2.05) is 60.4 Å². The lowest BCUT2D eigenvalue weighted by Gasteiger charge is -2.34. The number of aryl methyl sites for hydroxylation is 1. The Morgan fingerprint density at radius 3 is 2.40 bits per heavy atom. The van der Waals surface area contributed by atoms with Gasteiger partial charge in [-0.25, -0.2) is 4.98 Å². The number of rotatable bonds is 3. The first-order valence-corrected chi connectivity index (χ1v) is 10.1. The summed E-state index contributed by atoms with van der Waals surface area (Å²) < 4.78 is 5.35. The number of nitrogens with zero attached hydrogens (tertiary/aromatic N) is 3. The molecule has 0 aliphatic carbocycles. The largest absolute Gasteiger partial charge is 0.497 e. The molecule has 1 aliphatic rings. The van der Waals surface area contributed by atoms with Crippen LogP contribution in [0.4, 0.5) is 0 Å². The number of ether oxygens (including phenoxy) is 1. The first-order valence-electron chi connectivity index (χ1n) is 10.1. The Bertz CT molecular complexity index is 1120. The number of carbonyl (C=O) groups excluding carboxylic acids is 2. The van der Waals surface area contributed by atoms with E-state index in [0.29, 0.717) is 31.7 Å². The molecule has 154 valence electrons. The highest BCUT2D eigenvalue weighted by molar-refractivity contribution is 6.07. The van der Waals surface area contributed by atoms with Gasteiger partial charge in [0.25, 0.3) is 5.91 Å². The summed E-state index contributed by atoms with van der Waals surface area (Å²) in [7, 11) is 1.63. The Labute approximate surface area is 176 Å². The summed E-state index contributed by atoms with van der Waals surface area (Å²) in [6, 6.07) is 15.5. The number of hydrogen-bond donors (Lipinski definition) is 0. The zero-order valence-electron chi connectivity index (χ0n) is 17.5. The number of hydrogen-bond acceptors (Lipinski definition) is 4. The molecule has 2 heterocycles. The van der Waals surface area contributed by atoms with Crippen molar-refractivity contribution in [2.24, 2.45) is 0 Å². The summed E-state index contributed by atoms with van der Waals surface area (Å²) in [5.41, 5.74) is 4.13. The molecule has 30 heavy (non-hydrogen) atoms. The average Bonchev–Trinajstić information content (AvgIpc) is 2.78. The topological polar surface area (TPSA) is 62.7 Å². The fraction of sp³-hybridized carbons (Fsp3) is 0.292. The molecule has 1 fully saturated rings. The van der Waals surface area contributed by atoms with Gasteiger partial charge in [0.1, 0.15) is 5.75 Å². The highest BCUT2D eigenvalue weighted by Gasteiger charge is 2.25. The van der Waals surface area contributed by atoms with Crippen LogP contribution < -0.4 is 4.74 Å². The summed E-state index contributed by atoms with van der Waals surface area (Å²) in [6.45, 7) is 5.76. The number of amides is 2. The molecular weight excluding hydrogens is 378 g/mol. The van der Waals surface area contributed by atoms with Crippen molar-refractivity contribution in [3.63, 3.8) is 0 Å². The van der Waals surface area contributed by atoms with Crippen LogP contribution in [0.3, 0.4) is 0 Å². The Hall–Kier alpha value is -3.41. The first-order chi connectivity index (χ1) is 14.5. The van der Waals surface area contributed by atoms with Crippen molar-refractivity contribution in [1.82, 2.24) is 14.8 Å². The Balaban J connectivity index is 1.76. The lowest BCUT2D eigenvalue weighted by atomic mass is 10.0. The van der Waals surface area contributed by atoms with E-state index >= 15 is 0 Å². The van der Waals surface area contributed by atoms with Crippen LogP contribution in [0.5, 0.6) is 5.75 Å². The Morgan fingerprint density at radius 2 is 1.70 bits per heavy atom. The predicted octanol–water partition coefficient (Wildman–Crippen LogP) is 3.52. The number of carbonyl (C=O) groups is 2. The van der Waals surface area contributed by atoms with Crippen molar-refractivity contribution in [3.8, 4) is 17.0 Å². The van der Waals surface area contributed by atoms with Gasteiger partial charge in [-0.15, -0.1) is 0 Å². The van der Waals surface area contributed by atoms with Crippen molar-refractivity contribution in [3.05, 3.63) is 59.7 Å². The maximum Gasteiger partial charge on any atom is 0.254 e. The molecule has 0 radical (unpaired) electrons. The molecule has 2 aromatic carbocycles. The van der Waals surface area contributed by atoms with Crippen LogP contribution in [-0.4, -0.2) is 59.9 Å². The van der Waals surface area contributed by atoms with E-state index in [-0.39, 0.29) is 11.8 Å². The smallest absolute Gasteiger partial charge is 0.254 e. The van der Waals surface area contributed by atoms with Crippen molar-refractivity contribution in [2.45, 2.75) is 13.8 Å². The second kappa shape index (κ2) is 8.14. The minimum atomic E-state index is -0.0275. The second-order valence-electron chi connectivity index (χ2n) is 7.61. The zero-order valence-corrected chi connectivity index (χ0v) is 17.5. The SMILES string of the molecule is COc1cccc(-c2cc(C(=O)N3CCN(C(C)=O)CC3)c3cc(C)ccc3n2)c1. The molecule has 3 aromatic rings. The lowest BCUT2D eigenvalue weighted by Crippen LogP contribution is -2.50. The summed E-state index contributed by atoms with van der Waals surface area (Å²) in [5, 5.41) is 0.848. The minimum Gasteiger partial charge on any atom is -0.497 e. The van der Waals surface area contributed by atoms with Crippen molar-refractivity contribution < 1.29 is 14.3 Å². The van der Waals surface area contributed by atoms with E-state index in [4.69, 9.17) is 9.72 Å². The number of pyridine rings is 1. The number of aromatic nitrogens is 1. The highest BCUT2D eigenvalue weighted by atomic mass is 16.5. The van der Waals surface area contributed by atoms with E-state index in [0.717, 1.165) is 33.5 Å². The van der Waals surface area contributed by atoms with Crippen LogP contribution in [0.15, 0.2) is 48.5 Å². The maximum absolute atomic E-state index is 13.5. The van der Waals surface area contributed by atoms with Gasteiger partial charge in [-0.1, -0.05) is 23.8 Å². The van der Waals surface area contributed by atoms with Gasteiger partial charge < -0.3 is 14.5 Å². The summed E-state index contributed by atoms with van der Waals surface area (Å²) >= 11 is 0. The van der Waals surface area contributed by atoms with Gasteiger partial charge in [0.2, 0.25) is 5.91 Å². The third-order valence-corrected chi connectivity index (χ3v) is 5.57. The van der Waals surface area contributed by atoms with Gasteiger partial charge in [0.15, 0.2) is 0 Å². The van der Waals surface area contributed by atoms with Gasteiger partial charge in [-0.05, 0) is 37.3 Å². The summed E-state index contributed by atoms with van der Waals surface area (Å²) in [4.78, 5) is 33.5. The fourth-order valence-corrected chi connectivity index (χ4v) is 3.84. The number of piperazine rings is 1. The van der Waals surface area contributed by atoms with E-state index in [2.05, 4.69) is 0 Å². The quantitative estimate of drug-likeness (QED) is 0.671. The summed E-state index contributed by atoms with van der Waals surface area (Å²) in [6.07, 6.45) is 0. The van der Waals surface area contributed by atoms with Gasteiger partial charge in [-0.3, -0.25) is 9.59 Å². The third-order valence-electron chi connectivity index (χ3n) is 5.57. The Kier molecular flexibility index (Phi) is 5.40.